The van der Waals surface area contributed by atoms with Crippen molar-refractivity contribution in [2.24, 2.45) is 0 Å². The molecule has 0 aliphatic rings. The van der Waals surface area contributed by atoms with E-state index in [4.69, 9.17) is 9.26 Å². The first-order valence-electron chi connectivity index (χ1n) is 9.41. The third-order valence-corrected chi connectivity index (χ3v) is 5.32. The molecule has 7 nitrogen and oxygen atoms in total. The van der Waals surface area contributed by atoms with Crippen LogP contribution < -0.4 is 15.4 Å². The average Bonchev–Trinajstić information content (AvgIpc) is 3.20. The van der Waals surface area contributed by atoms with Gasteiger partial charge in [-0.25, -0.2) is 0 Å². The Hall–Kier alpha value is -3.26. The molecule has 8 heteroatoms. The van der Waals surface area contributed by atoms with Crippen LogP contribution in [0.25, 0.3) is 0 Å². The molecule has 2 amide bonds. The maximum absolute atomic E-state index is 12.6. The normalized spacial score (nSPS) is 10.5. The van der Waals surface area contributed by atoms with Crippen molar-refractivity contribution in [3.05, 3.63) is 77.2 Å². The Bertz CT molecular complexity index is 1000. The summed E-state index contributed by atoms with van der Waals surface area (Å²) in [5.41, 5.74) is 1.94. The third kappa shape index (κ3) is 5.87. The van der Waals surface area contributed by atoms with E-state index in [1.807, 2.05) is 31.2 Å². The molecular weight excluding hydrogens is 402 g/mol. The number of thioether (sulfide) groups is 1. The second-order valence-corrected chi connectivity index (χ2v) is 7.48. The van der Waals surface area contributed by atoms with Gasteiger partial charge in [-0.05, 0) is 43.3 Å². The van der Waals surface area contributed by atoms with Crippen LogP contribution in [0.5, 0.6) is 5.75 Å². The summed E-state index contributed by atoms with van der Waals surface area (Å²) >= 11 is 1.51. The average molecular weight is 426 g/mol. The van der Waals surface area contributed by atoms with Gasteiger partial charge < -0.3 is 19.9 Å². The summed E-state index contributed by atoms with van der Waals surface area (Å²) in [6.45, 7) is 2.51. The molecule has 0 spiro atoms. The fourth-order valence-electron chi connectivity index (χ4n) is 2.71. The quantitative estimate of drug-likeness (QED) is 0.403. The number of hydrogen-bond acceptors (Lipinski definition) is 6. The topological polar surface area (TPSA) is 93.5 Å². The van der Waals surface area contributed by atoms with Gasteiger partial charge >= 0.3 is 0 Å². The highest BCUT2D eigenvalue weighted by atomic mass is 32.2. The number of methoxy groups -OCH3 is 1. The largest absolute Gasteiger partial charge is 0.497 e. The lowest BCUT2D eigenvalue weighted by Gasteiger charge is -2.10. The molecule has 1 aromatic heterocycles. The highest BCUT2D eigenvalue weighted by Crippen LogP contribution is 2.26. The van der Waals surface area contributed by atoms with Gasteiger partial charge in [-0.2, -0.15) is 0 Å². The molecule has 0 atom stereocenters. The summed E-state index contributed by atoms with van der Waals surface area (Å²) in [6, 6.07) is 16.1. The molecule has 0 aliphatic carbocycles. The third-order valence-electron chi connectivity index (χ3n) is 4.23. The van der Waals surface area contributed by atoms with Crippen LogP contribution in [0.15, 0.2) is 64.0 Å². The summed E-state index contributed by atoms with van der Waals surface area (Å²) in [4.78, 5) is 25.6. The Kier molecular flexibility index (Phi) is 7.51. The first kappa shape index (κ1) is 21.4. The standard InChI is InChI=1S/C22H23N3O4S/c1-15-13-18(29-25-15)14-30-20-6-4-3-5-19(20)22(27)24-12-11-23-21(26)16-7-9-17(28-2)10-8-16/h3-10,13H,11-12,14H2,1-2H3,(H,23,26)(H,24,27). The number of carbonyl (C=O) groups excluding carboxylic acids is 2. The highest BCUT2D eigenvalue weighted by molar-refractivity contribution is 7.98. The fraction of sp³-hybridized carbons (Fsp3) is 0.227. The molecule has 0 fully saturated rings. The van der Waals surface area contributed by atoms with Crippen molar-refractivity contribution in [3.8, 4) is 5.75 Å². The predicted molar refractivity (Wildman–Crippen MR) is 115 cm³/mol. The Morgan fingerprint density at radius 2 is 1.73 bits per heavy atom. The minimum absolute atomic E-state index is 0.189. The van der Waals surface area contributed by atoms with E-state index in [1.54, 1.807) is 37.4 Å². The van der Waals surface area contributed by atoms with Crippen LogP contribution in [0.2, 0.25) is 0 Å². The van der Waals surface area contributed by atoms with Crippen molar-refractivity contribution in [1.29, 1.82) is 0 Å². The van der Waals surface area contributed by atoms with Crippen LogP contribution in [0, 0.1) is 6.92 Å². The lowest BCUT2D eigenvalue weighted by molar-refractivity contribution is 0.0926. The molecule has 0 saturated heterocycles. The first-order chi connectivity index (χ1) is 14.6. The Balaban J connectivity index is 1.48. The predicted octanol–water partition coefficient (Wildman–Crippen LogP) is 3.44. The molecule has 0 unspecified atom stereocenters. The minimum atomic E-state index is -0.204. The zero-order chi connectivity index (χ0) is 21.3. The number of carbonyl (C=O) groups is 2. The Labute approximate surface area is 179 Å². The fourth-order valence-corrected chi connectivity index (χ4v) is 3.63. The van der Waals surface area contributed by atoms with Gasteiger partial charge in [0, 0.05) is 29.6 Å². The summed E-state index contributed by atoms with van der Waals surface area (Å²) in [7, 11) is 1.57. The zero-order valence-corrected chi connectivity index (χ0v) is 17.6. The molecule has 0 radical (unpaired) electrons. The zero-order valence-electron chi connectivity index (χ0n) is 16.8. The lowest BCUT2D eigenvalue weighted by atomic mass is 10.2. The van der Waals surface area contributed by atoms with Crippen LogP contribution in [0.3, 0.4) is 0 Å². The molecule has 3 rings (SSSR count). The van der Waals surface area contributed by atoms with E-state index >= 15 is 0 Å². The van der Waals surface area contributed by atoms with Crippen LogP contribution >= 0.6 is 11.8 Å². The summed E-state index contributed by atoms with van der Waals surface area (Å²) in [5.74, 6) is 1.64. The molecule has 2 N–H and O–H groups in total. The van der Waals surface area contributed by atoms with Gasteiger partial charge in [0.15, 0.2) is 0 Å². The van der Waals surface area contributed by atoms with E-state index in [2.05, 4.69) is 15.8 Å². The highest BCUT2D eigenvalue weighted by Gasteiger charge is 2.12. The molecule has 3 aromatic rings. The number of nitrogens with zero attached hydrogens (tertiary/aromatic N) is 1. The Morgan fingerprint density at radius 3 is 2.40 bits per heavy atom. The van der Waals surface area contributed by atoms with Gasteiger partial charge in [0.2, 0.25) is 0 Å². The van der Waals surface area contributed by atoms with Crippen LogP contribution in [0.4, 0.5) is 0 Å². The van der Waals surface area contributed by atoms with Crippen LogP contribution in [0.1, 0.15) is 32.2 Å². The van der Waals surface area contributed by atoms with Crippen molar-refractivity contribution in [1.82, 2.24) is 15.8 Å². The molecule has 30 heavy (non-hydrogen) atoms. The molecule has 2 aromatic carbocycles. The summed E-state index contributed by atoms with van der Waals surface area (Å²) in [6.07, 6.45) is 0. The number of nitrogens with one attached hydrogen (secondary N) is 2. The van der Waals surface area contributed by atoms with Gasteiger partial charge in [0.1, 0.15) is 11.5 Å². The number of hydrogen-bond donors (Lipinski definition) is 2. The number of amides is 2. The van der Waals surface area contributed by atoms with E-state index < -0.39 is 0 Å². The van der Waals surface area contributed by atoms with E-state index in [0.29, 0.717) is 35.7 Å². The van der Waals surface area contributed by atoms with Crippen molar-refractivity contribution in [2.75, 3.05) is 20.2 Å². The van der Waals surface area contributed by atoms with Gasteiger partial charge in [0.25, 0.3) is 11.8 Å². The number of aromatic nitrogens is 1. The molecule has 0 bridgehead atoms. The number of ether oxygens (including phenoxy) is 1. The van der Waals surface area contributed by atoms with Crippen molar-refractivity contribution in [2.45, 2.75) is 17.6 Å². The van der Waals surface area contributed by atoms with E-state index in [-0.39, 0.29) is 11.8 Å². The van der Waals surface area contributed by atoms with E-state index in [9.17, 15) is 9.59 Å². The number of aryl methyl sites for hydroxylation is 1. The maximum Gasteiger partial charge on any atom is 0.252 e. The van der Waals surface area contributed by atoms with Gasteiger partial charge in [-0.15, -0.1) is 11.8 Å². The number of benzene rings is 2. The first-order valence-corrected chi connectivity index (χ1v) is 10.4. The lowest BCUT2D eigenvalue weighted by Crippen LogP contribution is -2.34. The maximum atomic E-state index is 12.6. The molecule has 1 heterocycles. The monoisotopic (exact) mass is 425 g/mol. The van der Waals surface area contributed by atoms with Gasteiger partial charge in [-0.3, -0.25) is 9.59 Å². The molecular formula is C22H23N3O4S. The minimum Gasteiger partial charge on any atom is -0.497 e. The van der Waals surface area contributed by atoms with Gasteiger partial charge in [0.05, 0.1) is 24.1 Å². The van der Waals surface area contributed by atoms with Crippen LogP contribution in [-0.2, 0) is 5.75 Å². The van der Waals surface area contributed by atoms with Crippen molar-refractivity contribution in [3.63, 3.8) is 0 Å². The molecule has 0 saturated carbocycles. The van der Waals surface area contributed by atoms with Crippen LogP contribution in [-0.4, -0.2) is 37.2 Å². The van der Waals surface area contributed by atoms with Crippen molar-refractivity contribution >= 4 is 23.6 Å². The number of rotatable bonds is 9. The smallest absolute Gasteiger partial charge is 0.252 e. The van der Waals surface area contributed by atoms with Gasteiger partial charge in [-0.1, -0.05) is 17.3 Å². The molecule has 0 aliphatic heterocycles. The SMILES string of the molecule is COc1ccc(C(=O)NCCNC(=O)c2ccccc2SCc2cc(C)no2)cc1. The van der Waals surface area contributed by atoms with Crippen molar-refractivity contribution < 1.29 is 18.8 Å². The van der Waals surface area contributed by atoms with E-state index in [0.717, 1.165) is 16.3 Å². The molecule has 156 valence electrons. The summed E-state index contributed by atoms with van der Waals surface area (Å²) in [5, 5.41) is 9.50. The Morgan fingerprint density at radius 1 is 1.03 bits per heavy atom. The van der Waals surface area contributed by atoms with E-state index in [1.165, 1.54) is 11.8 Å². The summed E-state index contributed by atoms with van der Waals surface area (Å²) < 4.78 is 10.3. The second kappa shape index (κ2) is 10.5. The second-order valence-electron chi connectivity index (χ2n) is 6.46.